The van der Waals surface area contributed by atoms with Crippen LogP contribution in [0.3, 0.4) is 0 Å². The van der Waals surface area contributed by atoms with E-state index in [-0.39, 0.29) is 22.9 Å². The van der Waals surface area contributed by atoms with Crippen molar-refractivity contribution in [3.05, 3.63) is 82.9 Å². The maximum absolute atomic E-state index is 14.1. The summed E-state index contributed by atoms with van der Waals surface area (Å²) >= 11 is 0. The molecule has 0 spiro atoms. The first kappa shape index (κ1) is 19.5. The molecule has 32 heavy (non-hydrogen) atoms. The van der Waals surface area contributed by atoms with E-state index in [9.17, 15) is 23.5 Å². The summed E-state index contributed by atoms with van der Waals surface area (Å²) < 4.78 is 33.5. The second-order valence-corrected chi connectivity index (χ2v) is 7.09. The molecular weight excluding hydrogens is 424 g/mol. The molecule has 0 fully saturated rings. The van der Waals surface area contributed by atoms with E-state index in [1.165, 1.54) is 24.7 Å². The number of aryl methyl sites for hydroxylation is 1. The number of imidazole rings is 1. The normalized spacial score (nSPS) is 16.4. The average Bonchev–Trinajstić information content (AvgIpc) is 3.45. The number of hydrogen-bond acceptors (Lipinski definition) is 7. The molecule has 11 heteroatoms. The number of carbonyl (C=O) groups excluding carboxylic acids is 2. The second kappa shape index (κ2) is 7.08. The van der Waals surface area contributed by atoms with E-state index in [0.717, 1.165) is 17.0 Å². The number of aliphatic hydroxyl groups is 1. The maximum Gasteiger partial charge on any atom is 0.296 e. The molecule has 9 nitrogen and oxygen atoms in total. The van der Waals surface area contributed by atoms with Crippen LogP contribution < -0.4 is 4.90 Å². The highest BCUT2D eigenvalue weighted by molar-refractivity contribution is 6.19. The summed E-state index contributed by atoms with van der Waals surface area (Å²) in [5.74, 6) is -4.52. The summed E-state index contributed by atoms with van der Waals surface area (Å²) in [4.78, 5) is 42.2. The molecule has 2 N–H and O–H groups in total. The van der Waals surface area contributed by atoms with Crippen molar-refractivity contribution >= 4 is 28.8 Å². The molecule has 5 rings (SSSR count). The minimum Gasteiger partial charge on any atom is -0.503 e. The third-order valence-electron chi connectivity index (χ3n) is 5.00. The number of aromatic nitrogens is 4. The molecule has 4 heterocycles. The summed E-state index contributed by atoms with van der Waals surface area (Å²) in [6.45, 7) is 1.61. The zero-order chi connectivity index (χ0) is 22.6. The highest BCUT2D eigenvalue weighted by atomic mass is 19.1. The lowest BCUT2D eigenvalue weighted by molar-refractivity contribution is -0.117. The Hall–Kier alpha value is -4.41. The summed E-state index contributed by atoms with van der Waals surface area (Å²) in [5.41, 5.74) is 0.179. The number of amides is 1. The van der Waals surface area contributed by atoms with E-state index >= 15 is 0 Å². The highest BCUT2D eigenvalue weighted by Gasteiger charge is 2.47. The summed E-state index contributed by atoms with van der Waals surface area (Å²) in [6, 6.07) is 4.06. The number of halogens is 2. The number of benzene rings is 1. The van der Waals surface area contributed by atoms with Crippen LogP contribution in [0.1, 0.15) is 27.9 Å². The third kappa shape index (κ3) is 3.02. The van der Waals surface area contributed by atoms with Crippen LogP contribution in [-0.4, -0.2) is 36.7 Å². The summed E-state index contributed by atoms with van der Waals surface area (Å²) in [7, 11) is 0. The number of fused-ring (bicyclic) bond motifs is 1. The number of carbonyl (C=O) groups is 2. The first-order chi connectivity index (χ1) is 15.3. The molecule has 1 aromatic carbocycles. The van der Waals surface area contributed by atoms with Crippen LogP contribution in [0.2, 0.25) is 0 Å². The number of anilines is 1. The van der Waals surface area contributed by atoms with Gasteiger partial charge in [0.2, 0.25) is 11.7 Å². The van der Waals surface area contributed by atoms with E-state index in [1.807, 2.05) is 0 Å². The number of aromatic amines is 1. The maximum atomic E-state index is 14.1. The van der Waals surface area contributed by atoms with Gasteiger partial charge in [-0.2, -0.15) is 4.98 Å². The van der Waals surface area contributed by atoms with Crippen LogP contribution >= 0.6 is 0 Å². The fraction of sp³-hybridized carbons (Fsp3) is 0.0952. The van der Waals surface area contributed by atoms with Gasteiger partial charge in [-0.3, -0.25) is 14.5 Å². The van der Waals surface area contributed by atoms with E-state index in [1.54, 1.807) is 6.92 Å². The zero-order valence-electron chi connectivity index (χ0n) is 16.3. The minimum absolute atomic E-state index is 0.0998. The molecule has 1 unspecified atom stereocenters. The van der Waals surface area contributed by atoms with Crippen LogP contribution in [0, 0.1) is 18.6 Å². The Morgan fingerprint density at radius 3 is 2.62 bits per heavy atom. The van der Waals surface area contributed by atoms with Gasteiger partial charge >= 0.3 is 0 Å². The zero-order valence-corrected chi connectivity index (χ0v) is 16.3. The van der Waals surface area contributed by atoms with Gasteiger partial charge in [0.05, 0.1) is 24.1 Å². The van der Waals surface area contributed by atoms with E-state index in [4.69, 9.17) is 4.42 Å². The smallest absolute Gasteiger partial charge is 0.296 e. The second-order valence-electron chi connectivity index (χ2n) is 7.09. The van der Waals surface area contributed by atoms with Crippen LogP contribution in [0.4, 0.5) is 14.7 Å². The number of Topliss-reactive ketones (excluding diaryl/α,β-unsaturated/α-hetero) is 1. The number of rotatable bonds is 4. The summed E-state index contributed by atoms with van der Waals surface area (Å²) in [6.07, 6.45) is 2.73. The largest absolute Gasteiger partial charge is 0.503 e. The molecule has 1 aliphatic rings. The molecule has 3 aromatic heterocycles. The fourth-order valence-electron chi connectivity index (χ4n) is 3.62. The lowest BCUT2D eigenvalue weighted by Crippen LogP contribution is -2.32. The highest BCUT2D eigenvalue weighted by Crippen LogP contribution is 2.41. The number of nitrogens with one attached hydrogen (secondary N) is 1. The number of nitrogens with zero attached hydrogens (tertiary/aromatic N) is 4. The van der Waals surface area contributed by atoms with Crippen molar-refractivity contribution < 1.29 is 27.9 Å². The molecule has 0 saturated heterocycles. The van der Waals surface area contributed by atoms with Gasteiger partial charge in [0.15, 0.2) is 17.2 Å². The molecule has 0 bridgehead atoms. The van der Waals surface area contributed by atoms with Crippen molar-refractivity contribution in [3.63, 3.8) is 0 Å². The predicted molar refractivity (Wildman–Crippen MR) is 106 cm³/mol. The predicted octanol–water partition coefficient (Wildman–Crippen LogP) is 3.32. The van der Waals surface area contributed by atoms with Crippen molar-refractivity contribution in [1.82, 2.24) is 19.9 Å². The molecule has 1 atom stereocenters. The van der Waals surface area contributed by atoms with Crippen molar-refractivity contribution in [2.45, 2.75) is 13.0 Å². The molecule has 0 radical (unpaired) electrons. The quantitative estimate of drug-likeness (QED) is 0.469. The molecule has 0 saturated carbocycles. The van der Waals surface area contributed by atoms with Crippen molar-refractivity contribution in [2.75, 3.05) is 4.90 Å². The number of ketones is 1. The molecule has 4 aromatic rings. The first-order valence-corrected chi connectivity index (χ1v) is 9.33. The Morgan fingerprint density at radius 2 is 1.94 bits per heavy atom. The molecule has 160 valence electrons. The topological polar surface area (TPSA) is 125 Å². The van der Waals surface area contributed by atoms with E-state index < -0.39 is 40.7 Å². The monoisotopic (exact) mass is 437 g/mol. The van der Waals surface area contributed by atoms with Gasteiger partial charge in [-0.25, -0.2) is 18.7 Å². The molecule has 1 amide bonds. The first-order valence-electron chi connectivity index (χ1n) is 9.33. The van der Waals surface area contributed by atoms with Gasteiger partial charge in [0.1, 0.15) is 22.9 Å². The Balaban J connectivity index is 1.71. The Kier molecular flexibility index (Phi) is 4.33. The molecular formula is C21H13F2N5O4. The minimum atomic E-state index is -1.41. The van der Waals surface area contributed by atoms with Gasteiger partial charge in [0.25, 0.3) is 5.91 Å². The Bertz CT molecular complexity index is 1420. The lowest BCUT2D eigenvalue weighted by atomic mass is 9.95. The molecule has 1 aliphatic heterocycles. The average molecular weight is 437 g/mol. The Morgan fingerprint density at radius 1 is 1.19 bits per heavy atom. The van der Waals surface area contributed by atoms with Crippen LogP contribution in [0.5, 0.6) is 0 Å². The van der Waals surface area contributed by atoms with Gasteiger partial charge in [-0.15, -0.1) is 0 Å². The van der Waals surface area contributed by atoms with Crippen LogP contribution in [-0.2, 0) is 4.79 Å². The van der Waals surface area contributed by atoms with Gasteiger partial charge in [-0.05, 0) is 36.8 Å². The number of furan rings is 1. The third-order valence-corrected chi connectivity index (χ3v) is 5.00. The number of hydrogen-bond donors (Lipinski definition) is 2. The van der Waals surface area contributed by atoms with Gasteiger partial charge in [-0.1, -0.05) is 0 Å². The SMILES string of the molecule is Cc1ccc(C(=O)C2=C(O)C(=O)N(c3ncc4[nH]cnc4n3)C2c2cc(F)cc(F)c2)o1. The number of aliphatic hydroxyl groups excluding tert-OH is 1. The Labute approximate surface area is 178 Å². The van der Waals surface area contributed by atoms with E-state index in [0.29, 0.717) is 17.3 Å². The van der Waals surface area contributed by atoms with Crippen LogP contribution in [0.25, 0.3) is 11.2 Å². The van der Waals surface area contributed by atoms with Crippen molar-refractivity contribution in [3.8, 4) is 0 Å². The summed E-state index contributed by atoms with van der Waals surface area (Å²) in [5, 5.41) is 10.6. The fourth-order valence-corrected chi connectivity index (χ4v) is 3.62. The van der Waals surface area contributed by atoms with Crippen molar-refractivity contribution in [2.24, 2.45) is 0 Å². The molecule has 0 aliphatic carbocycles. The van der Waals surface area contributed by atoms with Gasteiger partial charge in [0, 0.05) is 6.07 Å². The van der Waals surface area contributed by atoms with Gasteiger partial charge < -0.3 is 14.5 Å². The van der Waals surface area contributed by atoms with Crippen LogP contribution in [0.15, 0.2) is 58.6 Å². The number of H-pyrrole nitrogens is 1. The standard InChI is InChI=1S/C21H13F2N5O4/c1-9-2-3-14(32-9)17(29)15-16(10-4-11(22)6-12(23)5-10)28(20(31)18(15)30)21-24-7-13-19(27-21)26-8-25-13/h2-8,16,30H,1H3,(H,24,25,26,27). The lowest BCUT2D eigenvalue weighted by Gasteiger charge is -2.24. The van der Waals surface area contributed by atoms with Crippen molar-refractivity contribution in [1.29, 1.82) is 0 Å². The van der Waals surface area contributed by atoms with E-state index in [2.05, 4.69) is 19.9 Å².